The maximum atomic E-state index is 12.0. The van der Waals surface area contributed by atoms with E-state index >= 15 is 0 Å². The molecular weight excluding hydrogens is 226 g/mol. The summed E-state index contributed by atoms with van der Waals surface area (Å²) in [6.45, 7) is 4.25. The SMILES string of the molecule is CCn1nc(-c2ccccc2)cc(C(C)N)c1=O. The first kappa shape index (κ1) is 12.5. The molecule has 0 spiro atoms. The Morgan fingerprint density at radius 1 is 1.33 bits per heavy atom. The summed E-state index contributed by atoms with van der Waals surface area (Å²) < 4.78 is 1.46. The molecule has 2 rings (SSSR count). The zero-order chi connectivity index (χ0) is 13.1. The summed E-state index contributed by atoms with van der Waals surface area (Å²) >= 11 is 0. The first-order chi connectivity index (χ1) is 8.63. The van der Waals surface area contributed by atoms with E-state index in [4.69, 9.17) is 5.73 Å². The molecule has 4 heteroatoms. The summed E-state index contributed by atoms with van der Waals surface area (Å²) in [6, 6.07) is 11.3. The summed E-state index contributed by atoms with van der Waals surface area (Å²) in [5.74, 6) is 0. The fourth-order valence-electron chi connectivity index (χ4n) is 1.85. The van der Waals surface area contributed by atoms with Crippen molar-refractivity contribution < 1.29 is 0 Å². The maximum absolute atomic E-state index is 12.0. The van der Waals surface area contributed by atoms with Crippen LogP contribution in [0.25, 0.3) is 11.3 Å². The van der Waals surface area contributed by atoms with Crippen LogP contribution in [0.15, 0.2) is 41.2 Å². The van der Waals surface area contributed by atoms with Crippen molar-refractivity contribution in [2.24, 2.45) is 5.73 Å². The standard InChI is InChI=1S/C14H17N3O/c1-3-17-14(18)12(10(2)15)9-13(16-17)11-7-5-4-6-8-11/h4-10H,3,15H2,1-2H3. The van der Waals surface area contributed by atoms with Crippen LogP contribution < -0.4 is 11.3 Å². The van der Waals surface area contributed by atoms with Gasteiger partial charge in [-0.1, -0.05) is 30.3 Å². The summed E-state index contributed by atoms with van der Waals surface area (Å²) in [5, 5.41) is 4.35. The van der Waals surface area contributed by atoms with E-state index in [2.05, 4.69) is 5.10 Å². The van der Waals surface area contributed by atoms with Crippen molar-refractivity contribution in [1.82, 2.24) is 9.78 Å². The highest BCUT2D eigenvalue weighted by molar-refractivity contribution is 5.58. The molecule has 0 aliphatic rings. The van der Waals surface area contributed by atoms with Crippen molar-refractivity contribution in [3.05, 3.63) is 52.3 Å². The van der Waals surface area contributed by atoms with E-state index in [1.807, 2.05) is 44.2 Å². The lowest BCUT2D eigenvalue weighted by molar-refractivity contribution is 0.601. The molecule has 1 heterocycles. The Labute approximate surface area is 106 Å². The Bertz CT molecular complexity index is 588. The lowest BCUT2D eigenvalue weighted by atomic mass is 10.1. The van der Waals surface area contributed by atoms with Gasteiger partial charge in [0.05, 0.1) is 5.69 Å². The summed E-state index contributed by atoms with van der Waals surface area (Å²) in [4.78, 5) is 12.0. The molecule has 2 aromatic rings. The first-order valence-corrected chi connectivity index (χ1v) is 6.06. The third-order valence-corrected chi connectivity index (χ3v) is 2.86. The lowest BCUT2D eigenvalue weighted by Gasteiger charge is -2.11. The van der Waals surface area contributed by atoms with Crippen LogP contribution >= 0.6 is 0 Å². The summed E-state index contributed by atoms with van der Waals surface area (Å²) in [7, 11) is 0. The van der Waals surface area contributed by atoms with Gasteiger partial charge in [0.15, 0.2) is 0 Å². The molecule has 0 radical (unpaired) electrons. The highest BCUT2D eigenvalue weighted by atomic mass is 16.1. The predicted octanol–water partition coefficient (Wildman–Crippen LogP) is 1.95. The van der Waals surface area contributed by atoms with Crippen molar-refractivity contribution in [3.63, 3.8) is 0 Å². The molecule has 1 atom stereocenters. The molecule has 0 saturated heterocycles. The van der Waals surface area contributed by atoms with E-state index in [0.29, 0.717) is 12.1 Å². The van der Waals surface area contributed by atoms with E-state index in [1.165, 1.54) is 4.68 Å². The number of nitrogens with zero attached hydrogens (tertiary/aromatic N) is 2. The zero-order valence-corrected chi connectivity index (χ0v) is 10.6. The second-order valence-corrected chi connectivity index (χ2v) is 4.26. The largest absolute Gasteiger partial charge is 0.324 e. The number of rotatable bonds is 3. The van der Waals surface area contributed by atoms with Gasteiger partial charge in [0, 0.05) is 23.7 Å². The molecule has 1 aromatic heterocycles. The zero-order valence-electron chi connectivity index (χ0n) is 10.6. The normalized spacial score (nSPS) is 12.4. The van der Waals surface area contributed by atoms with Crippen LogP contribution in [0.5, 0.6) is 0 Å². The van der Waals surface area contributed by atoms with Gasteiger partial charge in [0.1, 0.15) is 0 Å². The van der Waals surface area contributed by atoms with Gasteiger partial charge in [-0.05, 0) is 19.9 Å². The van der Waals surface area contributed by atoms with Gasteiger partial charge in [0.25, 0.3) is 5.56 Å². The fraction of sp³-hybridized carbons (Fsp3) is 0.286. The molecule has 1 unspecified atom stereocenters. The minimum atomic E-state index is -0.291. The molecule has 94 valence electrons. The second-order valence-electron chi connectivity index (χ2n) is 4.26. The van der Waals surface area contributed by atoms with Gasteiger partial charge >= 0.3 is 0 Å². The van der Waals surface area contributed by atoms with E-state index in [9.17, 15) is 4.79 Å². The molecule has 0 amide bonds. The van der Waals surface area contributed by atoms with Crippen LogP contribution in [0.4, 0.5) is 0 Å². The van der Waals surface area contributed by atoms with E-state index in [1.54, 1.807) is 6.07 Å². The summed E-state index contributed by atoms with van der Waals surface area (Å²) in [6.07, 6.45) is 0. The Kier molecular flexibility index (Phi) is 3.58. The molecule has 1 aromatic carbocycles. The van der Waals surface area contributed by atoms with Gasteiger partial charge in [-0.15, -0.1) is 0 Å². The van der Waals surface area contributed by atoms with Crippen LogP contribution in [0, 0.1) is 0 Å². The molecule has 0 bridgehead atoms. The van der Waals surface area contributed by atoms with Gasteiger partial charge in [-0.25, -0.2) is 4.68 Å². The monoisotopic (exact) mass is 243 g/mol. The van der Waals surface area contributed by atoms with Gasteiger partial charge in [0.2, 0.25) is 0 Å². The highest BCUT2D eigenvalue weighted by Gasteiger charge is 2.11. The number of hydrogen-bond donors (Lipinski definition) is 1. The average molecular weight is 243 g/mol. The maximum Gasteiger partial charge on any atom is 0.271 e. The van der Waals surface area contributed by atoms with Crippen molar-refractivity contribution in [1.29, 1.82) is 0 Å². The van der Waals surface area contributed by atoms with Gasteiger partial charge < -0.3 is 5.73 Å². The average Bonchev–Trinajstić information content (AvgIpc) is 2.39. The van der Waals surface area contributed by atoms with E-state index < -0.39 is 0 Å². The Balaban J connectivity index is 2.63. The van der Waals surface area contributed by atoms with Gasteiger partial charge in [-0.3, -0.25) is 4.79 Å². The van der Waals surface area contributed by atoms with Gasteiger partial charge in [-0.2, -0.15) is 5.10 Å². The quantitative estimate of drug-likeness (QED) is 0.896. The smallest absolute Gasteiger partial charge is 0.271 e. The van der Waals surface area contributed by atoms with Crippen molar-refractivity contribution >= 4 is 0 Å². The molecule has 0 aliphatic heterocycles. The van der Waals surface area contributed by atoms with E-state index in [0.717, 1.165) is 11.3 Å². The topological polar surface area (TPSA) is 60.9 Å². The van der Waals surface area contributed by atoms with Crippen LogP contribution in [-0.4, -0.2) is 9.78 Å². The van der Waals surface area contributed by atoms with Crippen LogP contribution in [0.2, 0.25) is 0 Å². The minimum Gasteiger partial charge on any atom is -0.324 e. The lowest BCUT2D eigenvalue weighted by Crippen LogP contribution is -2.29. The third kappa shape index (κ3) is 2.33. The number of benzene rings is 1. The van der Waals surface area contributed by atoms with Crippen LogP contribution in [0.1, 0.15) is 25.5 Å². The molecule has 4 nitrogen and oxygen atoms in total. The van der Waals surface area contributed by atoms with E-state index in [-0.39, 0.29) is 11.6 Å². The molecule has 0 fully saturated rings. The van der Waals surface area contributed by atoms with Crippen molar-refractivity contribution in [3.8, 4) is 11.3 Å². The highest BCUT2D eigenvalue weighted by Crippen LogP contribution is 2.17. The Hall–Kier alpha value is -1.94. The second kappa shape index (κ2) is 5.14. The van der Waals surface area contributed by atoms with Crippen molar-refractivity contribution in [2.45, 2.75) is 26.4 Å². The predicted molar refractivity (Wildman–Crippen MR) is 72.2 cm³/mol. The van der Waals surface area contributed by atoms with Crippen LogP contribution in [0.3, 0.4) is 0 Å². The Morgan fingerprint density at radius 3 is 2.56 bits per heavy atom. The number of hydrogen-bond acceptors (Lipinski definition) is 3. The fourth-order valence-corrected chi connectivity index (χ4v) is 1.85. The molecular formula is C14H17N3O. The molecule has 0 aliphatic carbocycles. The molecule has 18 heavy (non-hydrogen) atoms. The summed E-state index contributed by atoms with van der Waals surface area (Å²) in [5.41, 5.74) is 8.11. The number of aromatic nitrogens is 2. The number of aryl methyl sites for hydroxylation is 1. The Morgan fingerprint density at radius 2 is 2.00 bits per heavy atom. The van der Waals surface area contributed by atoms with Crippen LogP contribution in [-0.2, 0) is 6.54 Å². The third-order valence-electron chi connectivity index (χ3n) is 2.86. The molecule has 2 N–H and O–H groups in total. The number of nitrogens with two attached hydrogens (primary N) is 1. The molecule has 0 saturated carbocycles. The minimum absolute atomic E-state index is 0.104. The van der Waals surface area contributed by atoms with Crippen molar-refractivity contribution in [2.75, 3.05) is 0 Å². The first-order valence-electron chi connectivity index (χ1n) is 6.06.